The van der Waals surface area contributed by atoms with Crippen molar-refractivity contribution in [3.63, 3.8) is 0 Å². The summed E-state index contributed by atoms with van der Waals surface area (Å²) >= 11 is 0. The molecule has 0 aliphatic carbocycles. The van der Waals surface area contributed by atoms with Gasteiger partial charge in [0.15, 0.2) is 0 Å². The zero-order valence-electron chi connectivity index (χ0n) is 10.3. The van der Waals surface area contributed by atoms with E-state index >= 15 is 0 Å². The first-order chi connectivity index (χ1) is 7.58. The number of aryl methyl sites for hydroxylation is 1. The molecule has 4 heteroatoms. The Kier molecular flexibility index (Phi) is 3.01. The van der Waals surface area contributed by atoms with E-state index in [-0.39, 0.29) is 0 Å². The largest absolute Gasteiger partial charge is 0.397 e. The van der Waals surface area contributed by atoms with Gasteiger partial charge in [-0.1, -0.05) is 0 Å². The third-order valence-electron chi connectivity index (χ3n) is 3.24. The lowest BCUT2D eigenvalue weighted by atomic mass is 10.2. The number of piperazine rings is 1. The lowest BCUT2D eigenvalue weighted by molar-refractivity contribution is 0.274. The van der Waals surface area contributed by atoms with E-state index < -0.39 is 0 Å². The van der Waals surface area contributed by atoms with Crippen LogP contribution >= 0.6 is 0 Å². The molecule has 1 atom stereocenters. The van der Waals surface area contributed by atoms with Crippen LogP contribution in [-0.4, -0.2) is 42.6 Å². The lowest BCUT2D eigenvalue weighted by Gasteiger charge is -2.39. The molecule has 1 unspecified atom stereocenters. The number of hydrogen-bond donors (Lipinski definition) is 1. The highest BCUT2D eigenvalue weighted by Gasteiger charge is 2.22. The van der Waals surface area contributed by atoms with E-state index in [9.17, 15) is 0 Å². The van der Waals surface area contributed by atoms with Gasteiger partial charge in [0.05, 0.1) is 11.4 Å². The van der Waals surface area contributed by atoms with Gasteiger partial charge in [0.1, 0.15) is 5.82 Å². The Hall–Kier alpha value is -1.29. The average Bonchev–Trinajstić information content (AvgIpc) is 2.22. The Morgan fingerprint density at radius 3 is 2.75 bits per heavy atom. The molecule has 1 aromatic heterocycles. The number of rotatable bonds is 1. The van der Waals surface area contributed by atoms with E-state index in [0.717, 1.165) is 36.8 Å². The van der Waals surface area contributed by atoms with Crippen LogP contribution in [0, 0.1) is 6.92 Å². The number of likely N-dealkylation sites (N-methyl/N-ethyl adjacent to an activating group) is 1. The Bertz CT molecular complexity index is 377. The van der Waals surface area contributed by atoms with Crippen LogP contribution in [0.15, 0.2) is 12.1 Å². The fourth-order valence-electron chi connectivity index (χ4n) is 2.20. The average molecular weight is 220 g/mol. The smallest absolute Gasteiger partial charge is 0.129 e. The summed E-state index contributed by atoms with van der Waals surface area (Å²) in [6, 6.07) is 4.47. The zero-order valence-corrected chi connectivity index (χ0v) is 10.3. The summed E-state index contributed by atoms with van der Waals surface area (Å²) in [5, 5.41) is 0. The molecule has 2 rings (SSSR count). The number of aromatic nitrogens is 1. The first-order valence-corrected chi connectivity index (χ1v) is 5.76. The SMILES string of the molecule is Cc1nc(N2CCN(C)CC2C)ccc1N. The number of pyridine rings is 1. The normalized spacial score (nSPS) is 22.4. The molecular weight excluding hydrogens is 200 g/mol. The molecule has 1 fully saturated rings. The first-order valence-electron chi connectivity index (χ1n) is 5.76. The summed E-state index contributed by atoms with van der Waals surface area (Å²) in [4.78, 5) is 9.26. The van der Waals surface area contributed by atoms with Crippen LogP contribution in [0.4, 0.5) is 11.5 Å². The molecule has 2 N–H and O–H groups in total. The molecule has 1 aliphatic heterocycles. The number of anilines is 2. The molecule has 1 aromatic rings. The van der Waals surface area contributed by atoms with Gasteiger partial charge in [0.25, 0.3) is 0 Å². The summed E-state index contributed by atoms with van der Waals surface area (Å²) in [6.45, 7) is 7.41. The molecule has 4 nitrogen and oxygen atoms in total. The van der Waals surface area contributed by atoms with Crippen LogP contribution in [0.25, 0.3) is 0 Å². The Balaban J connectivity index is 2.20. The topological polar surface area (TPSA) is 45.4 Å². The fourth-order valence-corrected chi connectivity index (χ4v) is 2.20. The summed E-state index contributed by atoms with van der Waals surface area (Å²) in [6.07, 6.45) is 0. The van der Waals surface area contributed by atoms with Crippen LogP contribution in [0.3, 0.4) is 0 Å². The van der Waals surface area contributed by atoms with Crippen molar-refractivity contribution in [1.82, 2.24) is 9.88 Å². The van der Waals surface area contributed by atoms with Gasteiger partial charge >= 0.3 is 0 Å². The molecule has 0 amide bonds. The van der Waals surface area contributed by atoms with Crippen LogP contribution in [0.1, 0.15) is 12.6 Å². The molecule has 0 spiro atoms. The molecule has 1 saturated heterocycles. The van der Waals surface area contributed by atoms with E-state index in [4.69, 9.17) is 5.73 Å². The number of nitrogen functional groups attached to an aromatic ring is 1. The van der Waals surface area contributed by atoms with E-state index in [1.807, 2.05) is 19.1 Å². The van der Waals surface area contributed by atoms with Crippen LogP contribution in [0.2, 0.25) is 0 Å². The summed E-state index contributed by atoms with van der Waals surface area (Å²) in [5.41, 5.74) is 7.47. The third kappa shape index (κ3) is 2.11. The number of hydrogen-bond acceptors (Lipinski definition) is 4. The van der Waals surface area contributed by atoms with Crippen molar-refractivity contribution < 1.29 is 0 Å². The van der Waals surface area contributed by atoms with Gasteiger partial charge in [0, 0.05) is 25.7 Å². The monoisotopic (exact) mass is 220 g/mol. The second-order valence-electron chi connectivity index (χ2n) is 4.65. The highest BCUT2D eigenvalue weighted by molar-refractivity contribution is 5.51. The van der Waals surface area contributed by atoms with Crippen molar-refractivity contribution in [2.45, 2.75) is 19.9 Å². The Morgan fingerprint density at radius 1 is 1.38 bits per heavy atom. The minimum absolute atomic E-state index is 0.509. The number of nitrogens with zero attached hydrogens (tertiary/aromatic N) is 3. The quantitative estimate of drug-likeness (QED) is 0.770. The maximum atomic E-state index is 5.79. The second kappa shape index (κ2) is 4.29. The van der Waals surface area contributed by atoms with E-state index in [2.05, 4.69) is 28.8 Å². The molecule has 16 heavy (non-hydrogen) atoms. The summed E-state index contributed by atoms with van der Waals surface area (Å²) < 4.78 is 0. The molecule has 0 bridgehead atoms. The van der Waals surface area contributed by atoms with Crippen molar-refractivity contribution in [2.75, 3.05) is 37.3 Å². The van der Waals surface area contributed by atoms with Gasteiger partial charge in [0.2, 0.25) is 0 Å². The highest BCUT2D eigenvalue weighted by atomic mass is 15.3. The van der Waals surface area contributed by atoms with Gasteiger partial charge in [-0.05, 0) is 33.0 Å². The van der Waals surface area contributed by atoms with Crippen LogP contribution in [0.5, 0.6) is 0 Å². The van der Waals surface area contributed by atoms with Crippen molar-refractivity contribution in [1.29, 1.82) is 0 Å². The molecule has 2 heterocycles. The van der Waals surface area contributed by atoms with Crippen molar-refractivity contribution in [2.24, 2.45) is 0 Å². The third-order valence-corrected chi connectivity index (χ3v) is 3.24. The number of nitrogens with two attached hydrogens (primary N) is 1. The minimum atomic E-state index is 0.509. The maximum absolute atomic E-state index is 5.79. The standard InChI is InChI=1S/C12H20N4/c1-9-8-15(3)6-7-16(9)12-5-4-11(13)10(2)14-12/h4-5,9H,6-8,13H2,1-3H3. The Labute approximate surface area is 97.1 Å². The van der Waals surface area contributed by atoms with Crippen molar-refractivity contribution >= 4 is 11.5 Å². The van der Waals surface area contributed by atoms with Crippen molar-refractivity contribution in [3.05, 3.63) is 17.8 Å². The molecule has 0 radical (unpaired) electrons. The molecule has 0 saturated carbocycles. The van der Waals surface area contributed by atoms with Gasteiger partial charge in [-0.2, -0.15) is 0 Å². The van der Waals surface area contributed by atoms with Gasteiger partial charge in [-0.3, -0.25) is 0 Å². The fraction of sp³-hybridized carbons (Fsp3) is 0.583. The van der Waals surface area contributed by atoms with Gasteiger partial charge in [-0.25, -0.2) is 4.98 Å². The predicted octanol–water partition coefficient (Wildman–Crippen LogP) is 1.11. The van der Waals surface area contributed by atoms with E-state index in [0.29, 0.717) is 6.04 Å². The highest BCUT2D eigenvalue weighted by Crippen LogP contribution is 2.20. The lowest BCUT2D eigenvalue weighted by Crippen LogP contribution is -2.50. The molecular formula is C12H20N4. The van der Waals surface area contributed by atoms with Crippen LogP contribution in [-0.2, 0) is 0 Å². The molecule has 88 valence electrons. The van der Waals surface area contributed by atoms with Crippen molar-refractivity contribution in [3.8, 4) is 0 Å². The Morgan fingerprint density at radius 2 is 2.12 bits per heavy atom. The van der Waals surface area contributed by atoms with Gasteiger partial charge in [-0.15, -0.1) is 0 Å². The maximum Gasteiger partial charge on any atom is 0.129 e. The zero-order chi connectivity index (χ0) is 11.7. The second-order valence-corrected chi connectivity index (χ2v) is 4.65. The molecule has 0 aromatic carbocycles. The van der Waals surface area contributed by atoms with E-state index in [1.165, 1.54) is 0 Å². The predicted molar refractivity (Wildman–Crippen MR) is 67.7 cm³/mol. The summed E-state index contributed by atoms with van der Waals surface area (Å²) in [5.74, 6) is 1.05. The first kappa shape index (κ1) is 11.2. The molecule has 1 aliphatic rings. The van der Waals surface area contributed by atoms with Crippen LogP contribution < -0.4 is 10.6 Å². The van der Waals surface area contributed by atoms with Gasteiger partial charge < -0.3 is 15.5 Å². The minimum Gasteiger partial charge on any atom is -0.397 e. The van der Waals surface area contributed by atoms with E-state index in [1.54, 1.807) is 0 Å². The summed E-state index contributed by atoms with van der Waals surface area (Å²) in [7, 11) is 2.16.